The fourth-order valence-electron chi connectivity index (χ4n) is 3.61. The molecule has 0 aromatic rings. The number of likely N-dealkylation sites (tertiary alicyclic amines) is 1. The minimum absolute atomic E-state index is 0.180. The SMILES string of the molecule is CC1(C)C2C(=O)N(C3(C(=O)O)CCOCC3)C(=O)C21. The van der Waals surface area contributed by atoms with Crippen molar-refractivity contribution in [3.63, 3.8) is 0 Å². The summed E-state index contributed by atoms with van der Waals surface area (Å²) in [5.74, 6) is -2.40. The van der Waals surface area contributed by atoms with Crippen molar-refractivity contribution in [2.75, 3.05) is 13.2 Å². The third kappa shape index (κ3) is 1.38. The van der Waals surface area contributed by atoms with Crippen LogP contribution in [0.1, 0.15) is 26.7 Å². The number of piperidine rings is 1. The number of nitrogens with zero attached hydrogens (tertiary/aromatic N) is 1. The van der Waals surface area contributed by atoms with Crippen LogP contribution in [0.15, 0.2) is 0 Å². The third-order valence-corrected chi connectivity index (χ3v) is 4.95. The summed E-state index contributed by atoms with van der Waals surface area (Å²) in [6.45, 7) is 4.30. The fourth-order valence-corrected chi connectivity index (χ4v) is 3.61. The van der Waals surface area contributed by atoms with Crippen LogP contribution in [0, 0.1) is 17.3 Å². The molecule has 1 saturated carbocycles. The molecule has 0 radical (unpaired) electrons. The third-order valence-electron chi connectivity index (χ3n) is 4.95. The molecule has 2 heterocycles. The second-order valence-electron chi connectivity index (χ2n) is 6.24. The number of hydrogen-bond acceptors (Lipinski definition) is 4. The predicted molar refractivity (Wildman–Crippen MR) is 63.0 cm³/mol. The van der Waals surface area contributed by atoms with E-state index in [1.165, 1.54) is 0 Å². The molecule has 2 amide bonds. The molecule has 6 heteroatoms. The zero-order valence-electron chi connectivity index (χ0n) is 11.0. The lowest BCUT2D eigenvalue weighted by molar-refractivity contribution is -0.171. The van der Waals surface area contributed by atoms with Gasteiger partial charge in [0.15, 0.2) is 5.54 Å². The van der Waals surface area contributed by atoms with E-state index in [0.717, 1.165) is 4.90 Å². The molecule has 2 saturated heterocycles. The number of carbonyl (C=O) groups excluding carboxylic acids is 2. The minimum Gasteiger partial charge on any atom is -0.479 e. The van der Waals surface area contributed by atoms with Crippen molar-refractivity contribution in [1.82, 2.24) is 4.90 Å². The predicted octanol–water partition coefficient (Wildman–Crippen LogP) is 0.261. The maximum Gasteiger partial charge on any atom is 0.330 e. The molecular weight excluding hydrogens is 250 g/mol. The van der Waals surface area contributed by atoms with Crippen LogP contribution < -0.4 is 0 Å². The summed E-state index contributed by atoms with van der Waals surface area (Å²) in [4.78, 5) is 37.4. The van der Waals surface area contributed by atoms with Crippen molar-refractivity contribution in [3.8, 4) is 0 Å². The van der Waals surface area contributed by atoms with Crippen molar-refractivity contribution in [2.24, 2.45) is 17.3 Å². The summed E-state index contributed by atoms with van der Waals surface area (Å²) in [7, 11) is 0. The van der Waals surface area contributed by atoms with Gasteiger partial charge in [-0.3, -0.25) is 14.5 Å². The molecule has 1 aliphatic carbocycles. The van der Waals surface area contributed by atoms with Crippen LogP contribution >= 0.6 is 0 Å². The van der Waals surface area contributed by atoms with Crippen molar-refractivity contribution >= 4 is 17.8 Å². The average molecular weight is 267 g/mol. The van der Waals surface area contributed by atoms with Gasteiger partial charge >= 0.3 is 5.97 Å². The topological polar surface area (TPSA) is 83.9 Å². The monoisotopic (exact) mass is 267 g/mol. The largest absolute Gasteiger partial charge is 0.479 e. The summed E-state index contributed by atoms with van der Waals surface area (Å²) in [6, 6.07) is 0. The second-order valence-corrected chi connectivity index (χ2v) is 6.24. The van der Waals surface area contributed by atoms with Crippen LogP contribution in [-0.4, -0.2) is 46.5 Å². The number of imide groups is 1. The summed E-state index contributed by atoms with van der Waals surface area (Å²) < 4.78 is 5.17. The van der Waals surface area contributed by atoms with Crippen molar-refractivity contribution in [1.29, 1.82) is 0 Å². The van der Waals surface area contributed by atoms with Crippen molar-refractivity contribution in [3.05, 3.63) is 0 Å². The Morgan fingerprint density at radius 2 is 1.68 bits per heavy atom. The highest BCUT2D eigenvalue weighted by Crippen LogP contribution is 2.64. The number of carboxylic acids is 1. The van der Waals surface area contributed by atoms with E-state index in [4.69, 9.17) is 4.74 Å². The highest BCUT2D eigenvalue weighted by atomic mass is 16.5. The summed E-state index contributed by atoms with van der Waals surface area (Å²) in [5, 5.41) is 9.51. The van der Waals surface area contributed by atoms with E-state index in [2.05, 4.69) is 0 Å². The molecule has 2 atom stereocenters. The Morgan fingerprint density at radius 1 is 1.21 bits per heavy atom. The maximum atomic E-state index is 12.4. The Balaban J connectivity index is 1.96. The molecule has 3 fully saturated rings. The Kier molecular flexibility index (Phi) is 2.36. The molecule has 3 aliphatic rings. The quantitative estimate of drug-likeness (QED) is 0.726. The molecule has 19 heavy (non-hydrogen) atoms. The van der Waals surface area contributed by atoms with Gasteiger partial charge in [-0.2, -0.15) is 0 Å². The summed E-state index contributed by atoms with van der Waals surface area (Å²) in [5.41, 5.74) is -1.70. The lowest BCUT2D eigenvalue weighted by Gasteiger charge is -2.40. The van der Waals surface area contributed by atoms with Gasteiger partial charge in [0.05, 0.1) is 11.8 Å². The molecule has 0 aromatic heterocycles. The van der Waals surface area contributed by atoms with Crippen molar-refractivity contribution in [2.45, 2.75) is 32.2 Å². The Bertz CT molecular complexity index is 453. The van der Waals surface area contributed by atoms with Gasteiger partial charge in [-0.25, -0.2) is 4.79 Å². The number of hydrogen-bond donors (Lipinski definition) is 1. The highest BCUT2D eigenvalue weighted by Gasteiger charge is 2.75. The Hall–Kier alpha value is -1.43. The zero-order chi connectivity index (χ0) is 14.0. The fraction of sp³-hybridized carbons (Fsp3) is 0.769. The number of rotatable bonds is 2. The van der Waals surface area contributed by atoms with E-state index in [-0.39, 0.29) is 55.1 Å². The van der Waals surface area contributed by atoms with Crippen LogP contribution in [0.3, 0.4) is 0 Å². The van der Waals surface area contributed by atoms with E-state index in [1.54, 1.807) is 0 Å². The van der Waals surface area contributed by atoms with Gasteiger partial charge in [-0.15, -0.1) is 0 Å². The molecule has 6 nitrogen and oxygen atoms in total. The summed E-state index contributed by atoms with van der Waals surface area (Å²) in [6.07, 6.45) is 0.360. The van der Waals surface area contributed by atoms with Gasteiger partial charge in [-0.05, 0) is 5.41 Å². The first kappa shape index (κ1) is 12.6. The molecule has 2 aliphatic heterocycles. The van der Waals surface area contributed by atoms with Crippen LogP contribution in [0.4, 0.5) is 0 Å². The molecule has 3 rings (SSSR count). The Morgan fingerprint density at radius 3 is 2.11 bits per heavy atom. The number of carboxylic acid groups (broad SMARTS) is 1. The first-order valence-electron chi connectivity index (χ1n) is 6.53. The first-order valence-corrected chi connectivity index (χ1v) is 6.53. The molecular formula is C13H17NO5. The maximum absolute atomic E-state index is 12.4. The normalized spacial score (nSPS) is 35.2. The molecule has 2 unspecified atom stereocenters. The van der Waals surface area contributed by atoms with Gasteiger partial charge in [0, 0.05) is 26.1 Å². The lowest BCUT2D eigenvalue weighted by atomic mass is 9.87. The average Bonchev–Trinajstić information content (AvgIpc) is 2.80. The van der Waals surface area contributed by atoms with Crippen LogP contribution in [0.2, 0.25) is 0 Å². The smallest absolute Gasteiger partial charge is 0.330 e. The second kappa shape index (κ2) is 3.56. The van der Waals surface area contributed by atoms with Gasteiger partial charge < -0.3 is 9.84 Å². The van der Waals surface area contributed by atoms with Crippen LogP contribution in [0.25, 0.3) is 0 Å². The number of aliphatic carboxylic acids is 1. The molecule has 0 aromatic carbocycles. The molecule has 1 N–H and O–H groups in total. The molecule has 104 valence electrons. The molecule has 0 spiro atoms. The van der Waals surface area contributed by atoms with Crippen LogP contribution in [0.5, 0.6) is 0 Å². The lowest BCUT2D eigenvalue weighted by Crippen LogP contribution is -2.61. The minimum atomic E-state index is -1.39. The number of ether oxygens (including phenoxy) is 1. The van der Waals surface area contributed by atoms with Gasteiger partial charge in [0.1, 0.15) is 0 Å². The summed E-state index contributed by atoms with van der Waals surface area (Å²) >= 11 is 0. The molecule has 0 bridgehead atoms. The zero-order valence-corrected chi connectivity index (χ0v) is 11.0. The Labute approximate surface area is 110 Å². The number of carbonyl (C=O) groups is 3. The number of amides is 2. The van der Waals surface area contributed by atoms with Gasteiger partial charge in [0.25, 0.3) is 0 Å². The van der Waals surface area contributed by atoms with E-state index in [1.807, 2.05) is 13.8 Å². The van der Waals surface area contributed by atoms with E-state index in [0.29, 0.717) is 0 Å². The van der Waals surface area contributed by atoms with Gasteiger partial charge in [-0.1, -0.05) is 13.8 Å². The van der Waals surface area contributed by atoms with Crippen molar-refractivity contribution < 1.29 is 24.2 Å². The first-order chi connectivity index (χ1) is 8.84. The highest BCUT2D eigenvalue weighted by molar-refractivity contribution is 6.13. The standard InChI is InChI=1S/C13H17NO5/c1-12(2)7-8(12)10(16)14(9(7)15)13(11(17)18)3-5-19-6-4-13/h7-8H,3-6H2,1-2H3,(H,17,18). The van der Waals surface area contributed by atoms with E-state index < -0.39 is 11.5 Å². The number of fused-ring (bicyclic) bond motifs is 1. The van der Waals surface area contributed by atoms with Gasteiger partial charge in [0.2, 0.25) is 11.8 Å². The van der Waals surface area contributed by atoms with E-state index >= 15 is 0 Å². The van der Waals surface area contributed by atoms with Crippen LogP contribution in [-0.2, 0) is 19.1 Å². The van der Waals surface area contributed by atoms with E-state index in [9.17, 15) is 19.5 Å².